The Morgan fingerprint density at radius 1 is 0.500 bits per heavy atom. The van der Waals surface area contributed by atoms with E-state index in [2.05, 4.69) is 55.6 Å². The molecular formula is C61H117N2O6P. The van der Waals surface area contributed by atoms with Crippen LogP contribution in [0.3, 0.4) is 0 Å². The van der Waals surface area contributed by atoms with Crippen LogP contribution in [-0.4, -0.2) is 68.5 Å². The molecule has 2 N–H and O–H groups in total. The molecule has 3 atom stereocenters. The molecule has 0 saturated carbocycles. The van der Waals surface area contributed by atoms with Crippen LogP contribution in [-0.2, 0) is 18.4 Å². The maximum Gasteiger partial charge on any atom is 0.268 e. The molecule has 0 bridgehead atoms. The number of amides is 1. The Labute approximate surface area is 435 Å². The zero-order chi connectivity index (χ0) is 51.3. The molecule has 8 nitrogen and oxygen atoms in total. The van der Waals surface area contributed by atoms with Gasteiger partial charge < -0.3 is 28.8 Å². The van der Waals surface area contributed by atoms with Crippen molar-refractivity contribution >= 4 is 13.7 Å². The fourth-order valence-corrected chi connectivity index (χ4v) is 9.51. The zero-order valence-corrected chi connectivity index (χ0v) is 47.9. The number of carbonyl (C=O) groups is 1. The van der Waals surface area contributed by atoms with Gasteiger partial charge in [-0.2, -0.15) is 0 Å². The quantitative estimate of drug-likeness (QED) is 0.0272. The van der Waals surface area contributed by atoms with Crippen molar-refractivity contribution in [1.82, 2.24) is 5.32 Å². The number of phosphoric acid groups is 1. The molecule has 0 aromatic heterocycles. The summed E-state index contributed by atoms with van der Waals surface area (Å²) in [7, 11) is 1.24. The number of quaternary nitrogens is 1. The molecule has 0 heterocycles. The summed E-state index contributed by atoms with van der Waals surface area (Å²) in [5, 5.41) is 13.9. The molecule has 0 aromatic carbocycles. The number of nitrogens with one attached hydrogen (secondary N) is 1. The lowest BCUT2D eigenvalue weighted by Gasteiger charge is -2.29. The van der Waals surface area contributed by atoms with Crippen LogP contribution in [0.5, 0.6) is 0 Å². The fraction of sp³-hybridized carbons (Fsp3) is 0.852. The molecule has 70 heavy (non-hydrogen) atoms. The summed E-state index contributed by atoms with van der Waals surface area (Å²) >= 11 is 0. The van der Waals surface area contributed by atoms with E-state index in [0.717, 1.165) is 44.9 Å². The van der Waals surface area contributed by atoms with Crippen LogP contribution >= 0.6 is 7.82 Å². The number of hydrogen-bond acceptors (Lipinski definition) is 6. The summed E-state index contributed by atoms with van der Waals surface area (Å²) in [6, 6.07) is -0.908. The molecule has 0 radical (unpaired) electrons. The van der Waals surface area contributed by atoms with E-state index in [1.807, 2.05) is 27.2 Å². The maximum absolute atomic E-state index is 13.0. The third kappa shape index (κ3) is 54.2. The minimum Gasteiger partial charge on any atom is -0.756 e. The van der Waals surface area contributed by atoms with Crippen molar-refractivity contribution in [2.75, 3.05) is 40.9 Å². The van der Waals surface area contributed by atoms with E-state index in [-0.39, 0.29) is 12.5 Å². The first-order valence-electron chi connectivity index (χ1n) is 30.0. The zero-order valence-electron chi connectivity index (χ0n) is 47.0. The number of nitrogens with zero attached hydrogens (tertiary/aromatic N) is 1. The van der Waals surface area contributed by atoms with Gasteiger partial charge in [0.15, 0.2) is 0 Å². The second kappa shape index (κ2) is 52.3. The lowest BCUT2D eigenvalue weighted by Crippen LogP contribution is -2.45. The van der Waals surface area contributed by atoms with Gasteiger partial charge in [0.2, 0.25) is 5.91 Å². The number of hydrogen-bond donors (Lipinski definition) is 2. The van der Waals surface area contributed by atoms with Crippen LogP contribution < -0.4 is 10.2 Å². The van der Waals surface area contributed by atoms with Crippen LogP contribution in [0.15, 0.2) is 48.6 Å². The first-order valence-corrected chi connectivity index (χ1v) is 31.5. The minimum absolute atomic E-state index is 0.00780. The Morgan fingerprint density at radius 2 is 0.843 bits per heavy atom. The Kier molecular flexibility index (Phi) is 51.2. The summed E-state index contributed by atoms with van der Waals surface area (Å²) in [5.74, 6) is -0.209. The van der Waals surface area contributed by atoms with Crippen LogP contribution in [0.2, 0.25) is 0 Å². The summed E-state index contributed by atoms with van der Waals surface area (Å²) in [5.41, 5.74) is 0. The fourth-order valence-electron chi connectivity index (χ4n) is 8.79. The van der Waals surface area contributed by atoms with Crippen molar-refractivity contribution in [3.8, 4) is 0 Å². The number of aliphatic hydroxyl groups is 1. The van der Waals surface area contributed by atoms with Gasteiger partial charge in [0.05, 0.1) is 39.9 Å². The highest BCUT2D eigenvalue weighted by Gasteiger charge is 2.23. The summed E-state index contributed by atoms with van der Waals surface area (Å²) in [6.07, 6.45) is 69.1. The Bertz CT molecular complexity index is 1280. The van der Waals surface area contributed by atoms with E-state index in [4.69, 9.17) is 9.05 Å². The predicted octanol–water partition coefficient (Wildman–Crippen LogP) is 17.7. The van der Waals surface area contributed by atoms with Gasteiger partial charge >= 0.3 is 0 Å². The van der Waals surface area contributed by atoms with Gasteiger partial charge in [0, 0.05) is 6.42 Å². The number of allylic oxidation sites excluding steroid dienone is 7. The van der Waals surface area contributed by atoms with Gasteiger partial charge in [-0.1, -0.05) is 262 Å². The van der Waals surface area contributed by atoms with Gasteiger partial charge in [-0.3, -0.25) is 9.36 Å². The third-order valence-electron chi connectivity index (χ3n) is 13.5. The van der Waals surface area contributed by atoms with Gasteiger partial charge in [0.25, 0.3) is 7.82 Å². The molecule has 0 aliphatic rings. The molecule has 0 aliphatic heterocycles. The van der Waals surface area contributed by atoms with Gasteiger partial charge in [-0.15, -0.1) is 0 Å². The summed E-state index contributed by atoms with van der Waals surface area (Å²) < 4.78 is 23.4. The van der Waals surface area contributed by atoms with Gasteiger partial charge in [-0.05, 0) is 64.2 Å². The van der Waals surface area contributed by atoms with Crippen LogP contribution in [0, 0.1) is 0 Å². The molecule has 412 valence electrons. The normalized spacial score (nSPS) is 14.2. The van der Waals surface area contributed by atoms with Crippen molar-refractivity contribution in [3.63, 3.8) is 0 Å². The molecule has 0 spiro atoms. The van der Waals surface area contributed by atoms with E-state index in [9.17, 15) is 19.4 Å². The maximum atomic E-state index is 13.0. The first-order chi connectivity index (χ1) is 34.0. The number of phosphoric ester groups is 1. The van der Waals surface area contributed by atoms with E-state index in [1.165, 1.54) is 218 Å². The van der Waals surface area contributed by atoms with Crippen LogP contribution in [0.4, 0.5) is 0 Å². The van der Waals surface area contributed by atoms with Crippen molar-refractivity contribution in [2.24, 2.45) is 0 Å². The SMILES string of the molecule is CCCCCCC/C=C\C/C=C\CCCCCCCCCCCC(=O)NC(COP(=O)([O-])OCC[N+](C)(C)C)C(O)/C=C/CC/C=C/CCCCCCCCCCCCCCCCCCCCCCC. The Morgan fingerprint density at radius 3 is 1.24 bits per heavy atom. The molecular weight excluding hydrogens is 888 g/mol. The number of carbonyl (C=O) groups excluding carboxylic acids is 1. The molecule has 0 aromatic rings. The molecule has 0 fully saturated rings. The van der Waals surface area contributed by atoms with E-state index >= 15 is 0 Å². The lowest BCUT2D eigenvalue weighted by atomic mass is 10.0. The monoisotopic (exact) mass is 1000 g/mol. The summed E-state index contributed by atoms with van der Waals surface area (Å²) in [6.45, 7) is 4.65. The molecule has 0 saturated heterocycles. The Hall–Kier alpha value is -1.54. The largest absolute Gasteiger partial charge is 0.756 e. The number of aliphatic hydroxyl groups excluding tert-OH is 1. The predicted molar refractivity (Wildman–Crippen MR) is 302 cm³/mol. The highest BCUT2D eigenvalue weighted by molar-refractivity contribution is 7.45. The van der Waals surface area contributed by atoms with Crippen molar-refractivity contribution in [3.05, 3.63) is 48.6 Å². The summed E-state index contributed by atoms with van der Waals surface area (Å²) in [4.78, 5) is 25.5. The molecule has 0 rings (SSSR count). The minimum atomic E-state index is -4.61. The standard InChI is InChI=1S/C61H117N2O6P/c1-6-8-10-12-14-16-18-20-22-24-26-28-29-30-31-32-33-35-36-38-40-42-44-46-48-50-52-54-60(64)59(58-69-70(66,67)68-57-56-63(3,4)5)62-61(65)55-53-51-49-47-45-43-41-39-37-34-27-25-23-21-19-17-15-13-11-9-7-2/h19,21,25,27,44,46,52,54,59-60,64H,6-18,20,22-24,26,28-43,45,47-51,53,55-58H2,1-5H3,(H-,62,65,66,67)/b21-19-,27-25-,46-44+,54-52+. The van der Waals surface area contributed by atoms with Gasteiger partial charge in [0.1, 0.15) is 13.2 Å². The molecule has 0 aliphatic carbocycles. The van der Waals surface area contributed by atoms with Crippen molar-refractivity contribution in [1.29, 1.82) is 0 Å². The first kappa shape index (κ1) is 68.5. The topological polar surface area (TPSA) is 108 Å². The molecule has 3 unspecified atom stereocenters. The highest BCUT2D eigenvalue weighted by atomic mass is 31.2. The lowest BCUT2D eigenvalue weighted by molar-refractivity contribution is -0.870. The van der Waals surface area contributed by atoms with Crippen LogP contribution in [0.25, 0.3) is 0 Å². The van der Waals surface area contributed by atoms with E-state index < -0.39 is 26.6 Å². The smallest absolute Gasteiger partial charge is 0.268 e. The molecule has 1 amide bonds. The second-order valence-electron chi connectivity index (χ2n) is 21.7. The average Bonchev–Trinajstić information content (AvgIpc) is 3.32. The van der Waals surface area contributed by atoms with Crippen molar-refractivity contribution < 1.29 is 32.9 Å². The molecule has 9 heteroatoms. The number of likely N-dealkylation sites (N-methyl/N-ethyl adjacent to an activating group) is 1. The highest BCUT2D eigenvalue weighted by Crippen LogP contribution is 2.38. The second-order valence-corrected chi connectivity index (χ2v) is 23.1. The number of unbranched alkanes of at least 4 members (excludes halogenated alkanes) is 36. The number of rotatable bonds is 55. The van der Waals surface area contributed by atoms with Gasteiger partial charge in [-0.25, -0.2) is 0 Å². The van der Waals surface area contributed by atoms with E-state index in [1.54, 1.807) is 6.08 Å². The van der Waals surface area contributed by atoms with Crippen molar-refractivity contribution in [2.45, 2.75) is 296 Å². The Balaban J connectivity index is 4.23. The van der Waals surface area contributed by atoms with Crippen LogP contribution in [0.1, 0.15) is 284 Å². The average molecular weight is 1010 g/mol. The third-order valence-corrected chi connectivity index (χ3v) is 14.5. The van der Waals surface area contributed by atoms with E-state index in [0.29, 0.717) is 17.4 Å².